The second-order valence-electron chi connectivity index (χ2n) is 7.14. The van der Waals surface area contributed by atoms with Crippen molar-refractivity contribution in [3.63, 3.8) is 0 Å². The van der Waals surface area contributed by atoms with Crippen molar-refractivity contribution in [2.45, 2.75) is 18.8 Å². The number of hydrogen-bond donors (Lipinski definition) is 1. The molecular weight excluding hydrogens is 502 g/mol. The Balaban J connectivity index is 1.98. The Labute approximate surface area is 195 Å². The van der Waals surface area contributed by atoms with Crippen molar-refractivity contribution in [1.29, 1.82) is 0 Å². The highest BCUT2D eigenvalue weighted by molar-refractivity contribution is 7.94. The highest BCUT2D eigenvalue weighted by atomic mass is 32.2. The molecule has 14 heteroatoms. The van der Waals surface area contributed by atoms with Gasteiger partial charge in [0.15, 0.2) is 15.7 Å². The summed E-state index contributed by atoms with van der Waals surface area (Å²) in [6.07, 6.45) is -7.54. The second kappa shape index (κ2) is 9.52. The van der Waals surface area contributed by atoms with Gasteiger partial charge in [-0.05, 0) is 30.3 Å². The van der Waals surface area contributed by atoms with Crippen molar-refractivity contribution in [3.05, 3.63) is 72.0 Å². The summed E-state index contributed by atoms with van der Waals surface area (Å²) in [5.41, 5.74) is -1.68. The molecule has 0 saturated carbocycles. The first kappa shape index (κ1) is 25.9. The molecule has 0 bridgehead atoms. The minimum absolute atomic E-state index is 0.103. The number of aromatic nitrogens is 3. The summed E-state index contributed by atoms with van der Waals surface area (Å²) < 4.78 is 101. The Morgan fingerprint density at radius 3 is 2.20 bits per heavy atom. The molecule has 0 aliphatic heterocycles. The van der Waals surface area contributed by atoms with Crippen LogP contribution in [0.1, 0.15) is 17.7 Å². The van der Waals surface area contributed by atoms with Gasteiger partial charge in [-0.1, -0.05) is 12.6 Å². The fraction of sp³-hybridized carbons (Fsp3) is 0.190. The quantitative estimate of drug-likeness (QED) is 0.451. The molecule has 0 atom stereocenters. The molecule has 186 valence electrons. The number of carbonyl (C=O) groups is 1. The fourth-order valence-electron chi connectivity index (χ4n) is 2.85. The van der Waals surface area contributed by atoms with E-state index in [2.05, 4.69) is 22.0 Å². The lowest BCUT2D eigenvalue weighted by Crippen LogP contribution is -2.17. The molecule has 0 radical (unpaired) electrons. The number of nitrogens with zero attached hydrogens (tertiary/aromatic N) is 3. The largest absolute Gasteiger partial charge is 0.433 e. The summed E-state index contributed by atoms with van der Waals surface area (Å²) in [5.74, 6) is -1.47. The van der Waals surface area contributed by atoms with Crippen molar-refractivity contribution >= 4 is 21.6 Å². The molecule has 7 nitrogen and oxygen atoms in total. The van der Waals surface area contributed by atoms with Gasteiger partial charge in [0.2, 0.25) is 5.91 Å². The van der Waals surface area contributed by atoms with E-state index in [9.17, 15) is 39.6 Å². The Bertz CT molecular complexity index is 1330. The third-order valence-corrected chi connectivity index (χ3v) is 5.94. The molecule has 2 aromatic heterocycles. The van der Waals surface area contributed by atoms with Gasteiger partial charge in [-0.2, -0.15) is 26.3 Å². The normalized spacial score (nSPS) is 12.4. The first-order valence-electron chi connectivity index (χ1n) is 9.65. The summed E-state index contributed by atoms with van der Waals surface area (Å²) in [6.45, 7) is 3.14. The van der Waals surface area contributed by atoms with Crippen LogP contribution in [-0.4, -0.2) is 34.8 Å². The highest BCUT2D eigenvalue weighted by Gasteiger charge is 2.32. The van der Waals surface area contributed by atoms with Gasteiger partial charge in [0.05, 0.1) is 17.0 Å². The lowest BCUT2D eigenvalue weighted by Gasteiger charge is -2.07. The number of amides is 1. The number of anilines is 1. The van der Waals surface area contributed by atoms with E-state index in [1.54, 1.807) is 0 Å². The number of carbonyl (C=O) groups excluding carboxylic acids is 1. The predicted octanol–water partition coefficient (Wildman–Crippen LogP) is 4.86. The summed E-state index contributed by atoms with van der Waals surface area (Å²) in [7, 11) is -3.67. The summed E-state index contributed by atoms with van der Waals surface area (Å²) in [6, 6.07) is 5.66. The second-order valence-corrected chi connectivity index (χ2v) is 9.21. The number of benzene rings is 1. The highest BCUT2D eigenvalue weighted by Crippen LogP contribution is 2.33. The molecule has 1 N–H and O–H groups in total. The van der Waals surface area contributed by atoms with Gasteiger partial charge in [-0.3, -0.25) is 9.78 Å². The molecule has 0 unspecified atom stereocenters. The van der Waals surface area contributed by atoms with Crippen molar-refractivity contribution < 1.29 is 39.6 Å². The van der Waals surface area contributed by atoms with Crippen LogP contribution in [0, 0.1) is 0 Å². The molecular formula is C21H16F6N4O3S. The minimum atomic E-state index is -4.68. The zero-order valence-electron chi connectivity index (χ0n) is 17.6. The lowest BCUT2D eigenvalue weighted by molar-refractivity contribution is -0.141. The minimum Gasteiger partial charge on any atom is -0.309 e. The Morgan fingerprint density at radius 2 is 1.69 bits per heavy atom. The number of alkyl halides is 6. The van der Waals surface area contributed by atoms with E-state index in [1.807, 2.05) is 0 Å². The molecule has 0 aliphatic carbocycles. The van der Waals surface area contributed by atoms with E-state index in [-0.39, 0.29) is 22.6 Å². The van der Waals surface area contributed by atoms with Crippen LogP contribution in [0.2, 0.25) is 0 Å². The zero-order valence-corrected chi connectivity index (χ0v) is 18.4. The first-order valence-corrected chi connectivity index (χ1v) is 11.4. The zero-order chi connectivity index (χ0) is 26.0. The standard InChI is InChI=1S/C21H16F6N4O3S/c1-2-35(33,34)10-9-18(32)29-19-16(13-3-8-17(28-11-13)21(25,26)27)12-31(30-19)15-6-4-14(5-7-15)20(22,23)24/h2-8,11-12H,1,9-10H2,(H,29,30,32). The molecule has 0 aliphatic rings. The molecule has 2 heterocycles. The van der Waals surface area contributed by atoms with Crippen molar-refractivity contribution in [1.82, 2.24) is 14.8 Å². The molecule has 0 fully saturated rings. The monoisotopic (exact) mass is 518 g/mol. The number of pyridine rings is 1. The Kier molecular flexibility index (Phi) is 7.06. The maximum absolute atomic E-state index is 12.9. The van der Waals surface area contributed by atoms with Gasteiger partial charge < -0.3 is 5.32 Å². The molecule has 3 aromatic rings. The smallest absolute Gasteiger partial charge is 0.309 e. The van der Waals surface area contributed by atoms with Crippen LogP contribution in [0.3, 0.4) is 0 Å². The van der Waals surface area contributed by atoms with Crippen LogP contribution in [0.5, 0.6) is 0 Å². The average Bonchev–Trinajstić information content (AvgIpc) is 3.20. The number of nitrogens with one attached hydrogen (secondary N) is 1. The van der Waals surface area contributed by atoms with Gasteiger partial charge in [0.1, 0.15) is 5.69 Å². The molecule has 1 aromatic carbocycles. The fourth-order valence-corrected chi connectivity index (χ4v) is 3.48. The van der Waals surface area contributed by atoms with E-state index in [4.69, 9.17) is 0 Å². The third-order valence-electron chi connectivity index (χ3n) is 4.66. The van der Waals surface area contributed by atoms with E-state index in [1.165, 1.54) is 6.20 Å². The lowest BCUT2D eigenvalue weighted by atomic mass is 10.1. The first-order chi connectivity index (χ1) is 16.2. The van der Waals surface area contributed by atoms with Crippen LogP contribution in [-0.2, 0) is 27.0 Å². The van der Waals surface area contributed by atoms with Gasteiger partial charge >= 0.3 is 12.4 Å². The Morgan fingerprint density at radius 1 is 1.03 bits per heavy atom. The molecule has 3 rings (SSSR count). The van der Waals surface area contributed by atoms with E-state index in [0.717, 1.165) is 41.2 Å². The number of hydrogen-bond acceptors (Lipinski definition) is 5. The summed E-state index contributed by atoms with van der Waals surface area (Å²) in [5, 5.41) is 7.18. The molecule has 35 heavy (non-hydrogen) atoms. The van der Waals surface area contributed by atoms with Gasteiger partial charge in [0, 0.05) is 35.3 Å². The third kappa shape index (κ3) is 6.47. The maximum atomic E-state index is 12.9. The van der Waals surface area contributed by atoms with E-state index in [0.29, 0.717) is 11.5 Å². The number of sulfone groups is 1. The van der Waals surface area contributed by atoms with Crippen LogP contribution in [0.15, 0.2) is 60.8 Å². The van der Waals surface area contributed by atoms with Crippen molar-refractivity contribution in [2.75, 3.05) is 11.1 Å². The number of rotatable bonds is 7. The van der Waals surface area contributed by atoms with Crippen molar-refractivity contribution in [2.24, 2.45) is 0 Å². The van der Waals surface area contributed by atoms with Crippen LogP contribution in [0.25, 0.3) is 16.8 Å². The van der Waals surface area contributed by atoms with Gasteiger partial charge in [-0.15, -0.1) is 5.10 Å². The topological polar surface area (TPSA) is 94.0 Å². The summed E-state index contributed by atoms with van der Waals surface area (Å²) >= 11 is 0. The van der Waals surface area contributed by atoms with Crippen LogP contribution < -0.4 is 5.32 Å². The maximum Gasteiger partial charge on any atom is 0.433 e. The number of halogens is 6. The average molecular weight is 518 g/mol. The Hall–Kier alpha value is -3.68. The van der Waals surface area contributed by atoms with E-state index < -0.39 is 51.5 Å². The summed E-state index contributed by atoms with van der Waals surface area (Å²) in [4.78, 5) is 15.7. The SMILES string of the molecule is C=CS(=O)(=O)CCC(=O)Nc1nn(-c2ccc(C(F)(F)F)cc2)cc1-c1ccc(C(F)(F)F)nc1. The molecule has 0 saturated heterocycles. The van der Waals surface area contributed by atoms with E-state index >= 15 is 0 Å². The van der Waals surface area contributed by atoms with Crippen LogP contribution >= 0.6 is 0 Å². The molecule has 1 amide bonds. The van der Waals surface area contributed by atoms with Crippen LogP contribution in [0.4, 0.5) is 32.2 Å². The predicted molar refractivity (Wildman–Crippen MR) is 114 cm³/mol. The van der Waals surface area contributed by atoms with Gasteiger partial charge in [-0.25, -0.2) is 13.1 Å². The molecule has 0 spiro atoms. The van der Waals surface area contributed by atoms with Crippen molar-refractivity contribution in [3.8, 4) is 16.8 Å². The van der Waals surface area contributed by atoms with Gasteiger partial charge in [0.25, 0.3) is 0 Å².